The third kappa shape index (κ3) is 2.48. The van der Waals surface area contributed by atoms with Gasteiger partial charge < -0.3 is 10.5 Å². The molecular formula is C14H14N2O2. The molecule has 0 spiro atoms. The van der Waals surface area contributed by atoms with E-state index in [0.717, 1.165) is 11.1 Å². The molecule has 0 fully saturated rings. The van der Waals surface area contributed by atoms with Gasteiger partial charge in [-0.15, -0.1) is 0 Å². The van der Waals surface area contributed by atoms with E-state index in [0.29, 0.717) is 12.3 Å². The van der Waals surface area contributed by atoms with E-state index in [9.17, 15) is 4.79 Å². The highest BCUT2D eigenvalue weighted by Gasteiger charge is 2.11. The van der Waals surface area contributed by atoms with Crippen molar-refractivity contribution in [2.45, 2.75) is 6.92 Å². The molecule has 1 heterocycles. The number of carbonyl (C=O) groups excluding carboxylic acids is 1. The Labute approximate surface area is 105 Å². The maximum Gasteiger partial charge on any atom is 0.356 e. The predicted octanol–water partition coefficient (Wildman–Crippen LogP) is 2.51. The molecule has 92 valence electrons. The Kier molecular flexibility index (Phi) is 3.57. The number of aromatic nitrogens is 1. The van der Waals surface area contributed by atoms with E-state index in [1.165, 1.54) is 0 Å². The van der Waals surface area contributed by atoms with Crippen LogP contribution >= 0.6 is 0 Å². The Balaban J connectivity index is 2.34. The number of rotatable bonds is 3. The van der Waals surface area contributed by atoms with Crippen LogP contribution in [0.3, 0.4) is 0 Å². The number of nitrogens with zero attached hydrogens (tertiary/aromatic N) is 1. The standard InChI is InChI=1S/C14H14N2O2/c1-2-18-14(17)13-8-12(15)11(9-16-13)10-6-4-3-5-7-10/h3-9H,2H2,1H3,(H2,15,16). The third-order valence-corrected chi connectivity index (χ3v) is 2.51. The van der Waals surface area contributed by atoms with Crippen molar-refractivity contribution in [2.24, 2.45) is 0 Å². The average Bonchev–Trinajstić information content (AvgIpc) is 2.40. The van der Waals surface area contributed by atoms with Crippen LogP contribution in [-0.4, -0.2) is 17.6 Å². The van der Waals surface area contributed by atoms with Crippen molar-refractivity contribution in [2.75, 3.05) is 12.3 Å². The molecule has 0 bridgehead atoms. The molecule has 1 aromatic heterocycles. The second kappa shape index (κ2) is 5.31. The van der Waals surface area contributed by atoms with E-state index in [2.05, 4.69) is 4.98 Å². The quantitative estimate of drug-likeness (QED) is 0.840. The van der Waals surface area contributed by atoms with Gasteiger partial charge in [0.2, 0.25) is 0 Å². The van der Waals surface area contributed by atoms with Crippen LogP contribution in [0.5, 0.6) is 0 Å². The lowest BCUT2D eigenvalue weighted by Gasteiger charge is -2.07. The Morgan fingerprint density at radius 3 is 2.67 bits per heavy atom. The fourth-order valence-electron chi connectivity index (χ4n) is 1.65. The maximum absolute atomic E-state index is 11.5. The molecule has 1 aromatic carbocycles. The van der Waals surface area contributed by atoms with Gasteiger partial charge in [-0.25, -0.2) is 9.78 Å². The lowest BCUT2D eigenvalue weighted by Crippen LogP contribution is -2.08. The summed E-state index contributed by atoms with van der Waals surface area (Å²) in [5.74, 6) is -0.455. The summed E-state index contributed by atoms with van der Waals surface area (Å²) in [5.41, 5.74) is 8.46. The number of carbonyl (C=O) groups is 1. The van der Waals surface area contributed by atoms with Crippen molar-refractivity contribution in [3.63, 3.8) is 0 Å². The summed E-state index contributed by atoms with van der Waals surface area (Å²) in [6, 6.07) is 11.2. The molecule has 2 rings (SSSR count). The van der Waals surface area contributed by atoms with Crippen molar-refractivity contribution in [1.82, 2.24) is 4.98 Å². The van der Waals surface area contributed by atoms with Crippen molar-refractivity contribution >= 4 is 11.7 Å². The lowest BCUT2D eigenvalue weighted by atomic mass is 10.1. The number of hydrogen-bond acceptors (Lipinski definition) is 4. The number of esters is 1. The molecule has 4 heteroatoms. The minimum Gasteiger partial charge on any atom is -0.461 e. The summed E-state index contributed by atoms with van der Waals surface area (Å²) in [6.45, 7) is 2.07. The van der Waals surface area contributed by atoms with Crippen LogP contribution in [0.15, 0.2) is 42.6 Å². The first-order valence-electron chi connectivity index (χ1n) is 5.70. The number of ether oxygens (including phenoxy) is 1. The Bertz CT molecular complexity index is 553. The van der Waals surface area contributed by atoms with Crippen LogP contribution in [0, 0.1) is 0 Å². The normalized spacial score (nSPS) is 10.1. The summed E-state index contributed by atoms with van der Waals surface area (Å²) in [7, 11) is 0. The van der Waals surface area contributed by atoms with E-state index in [1.54, 1.807) is 19.2 Å². The first kappa shape index (κ1) is 12.1. The zero-order chi connectivity index (χ0) is 13.0. The Morgan fingerprint density at radius 2 is 2.06 bits per heavy atom. The van der Waals surface area contributed by atoms with Gasteiger partial charge >= 0.3 is 5.97 Å². The molecule has 0 aliphatic rings. The number of hydrogen-bond donors (Lipinski definition) is 1. The molecule has 4 nitrogen and oxygen atoms in total. The van der Waals surface area contributed by atoms with Gasteiger partial charge in [0.15, 0.2) is 0 Å². The summed E-state index contributed by atoms with van der Waals surface area (Å²) < 4.78 is 4.87. The highest BCUT2D eigenvalue weighted by atomic mass is 16.5. The smallest absolute Gasteiger partial charge is 0.356 e. The Hall–Kier alpha value is -2.36. The van der Waals surface area contributed by atoms with Gasteiger partial charge in [0.1, 0.15) is 5.69 Å². The molecular weight excluding hydrogens is 228 g/mol. The number of pyridine rings is 1. The second-order valence-electron chi connectivity index (χ2n) is 3.74. The van der Waals surface area contributed by atoms with Crippen LogP contribution in [0.4, 0.5) is 5.69 Å². The van der Waals surface area contributed by atoms with Crippen LogP contribution in [0.2, 0.25) is 0 Å². The summed E-state index contributed by atoms with van der Waals surface area (Å²) in [4.78, 5) is 15.6. The minimum atomic E-state index is -0.455. The molecule has 0 saturated carbocycles. The van der Waals surface area contributed by atoms with Crippen LogP contribution in [-0.2, 0) is 4.74 Å². The highest BCUT2D eigenvalue weighted by molar-refractivity contribution is 5.90. The molecule has 0 aliphatic heterocycles. The SMILES string of the molecule is CCOC(=O)c1cc(N)c(-c2ccccc2)cn1. The van der Waals surface area contributed by atoms with Crippen molar-refractivity contribution in [1.29, 1.82) is 0 Å². The lowest BCUT2D eigenvalue weighted by molar-refractivity contribution is 0.0519. The van der Waals surface area contributed by atoms with Gasteiger partial charge in [-0.1, -0.05) is 30.3 Å². The number of benzene rings is 1. The van der Waals surface area contributed by atoms with E-state index in [4.69, 9.17) is 10.5 Å². The Morgan fingerprint density at radius 1 is 1.33 bits per heavy atom. The molecule has 0 radical (unpaired) electrons. The van der Waals surface area contributed by atoms with Crippen LogP contribution < -0.4 is 5.73 Å². The van der Waals surface area contributed by atoms with Gasteiger partial charge in [0.05, 0.1) is 6.61 Å². The minimum absolute atomic E-state index is 0.231. The summed E-state index contributed by atoms with van der Waals surface area (Å²) in [6.07, 6.45) is 1.59. The van der Waals surface area contributed by atoms with Gasteiger partial charge in [-0.05, 0) is 18.6 Å². The van der Waals surface area contributed by atoms with Gasteiger partial charge in [-0.3, -0.25) is 0 Å². The van der Waals surface area contributed by atoms with E-state index < -0.39 is 5.97 Å². The first-order valence-corrected chi connectivity index (χ1v) is 5.70. The third-order valence-electron chi connectivity index (χ3n) is 2.51. The molecule has 18 heavy (non-hydrogen) atoms. The van der Waals surface area contributed by atoms with Gasteiger partial charge in [-0.2, -0.15) is 0 Å². The summed E-state index contributed by atoms with van der Waals surface area (Å²) >= 11 is 0. The predicted molar refractivity (Wildman–Crippen MR) is 70.0 cm³/mol. The largest absolute Gasteiger partial charge is 0.461 e. The molecule has 0 aliphatic carbocycles. The molecule has 0 saturated heterocycles. The first-order chi connectivity index (χ1) is 8.72. The van der Waals surface area contributed by atoms with Crippen LogP contribution in [0.1, 0.15) is 17.4 Å². The van der Waals surface area contributed by atoms with Gasteiger partial charge in [0.25, 0.3) is 0 Å². The number of nitrogen functional groups attached to an aromatic ring is 1. The fourth-order valence-corrected chi connectivity index (χ4v) is 1.65. The zero-order valence-electron chi connectivity index (χ0n) is 10.1. The zero-order valence-corrected chi connectivity index (χ0v) is 10.1. The number of nitrogens with two attached hydrogens (primary N) is 1. The summed E-state index contributed by atoms with van der Waals surface area (Å²) in [5, 5.41) is 0. The molecule has 0 unspecified atom stereocenters. The molecule has 0 amide bonds. The second-order valence-corrected chi connectivity index (χ2v) is 3.74. The van der Waals surface area contributed by atoms with E-state index in [-0.39, 0.29) is 5.69 Å². The topological polar surface area (TPSA) is 65.2 Å². The fraction of sp³-hybridized carbons (Fsp3) is 0.143. The van der Waals surface area contributed by atoms with E-state index >= 15 is 0 Å². The highest BCUT2D eigenvalue weighted by Crippen LogP contribution is 2.25. The number of anilines is 1. The maximum atomic E-state index is 11.5. The van der Waals surface area contributed by atoms with Crippen LogP contribution in [0.25, 0.3) is 11.1 Å². The average molecular weight is 242 g/mol. The van der Waals surface area contributed by atoms with E-state index in [1.807, 2.05) is 30.3 Å². The monoisotopic (exact) mass is 242 g/mol. The molecule has 2 N–H and O–H groups in total. The van der Waals surface area contributed by atoms with Crippen molar-refractivity contribution in [3.05, 3.63) is 48.3 Å². The van der Waals surface area contributed by atoms with Crippen molar-refractivity contribution < 1.29 is 9.53 Å². The van der Waals surface area contributed by atoms with Gasteiger partial charge in [0, 0.05) is 17.4 Å². The van der Waals surface area contributed by atoms with Crippen molar-refractivity contribution in [3.8, 4) is 11.1 Å². The molecule has 0 atom stereocenters. The molecule has 2 aromatic rings.